The van der Waals surface area contributed by atoms with Crippen LogP contribution in [0.15, 0.2) is 0 Å². The predicted octanol–water partition coefficient (Wildman–Crippen LogP) is 1.38. The zero-order valence-electron chi connectivity index (χ0n) is 7.46. The van der Waals surface area contributed by atoms with Crippen molar-refractivity contribution < 1.29 is 0 Å². The summed E-state index contributed by atoms with van der Waals surface area (Å²) >= 11 is 1.47. The maximum absolute atomic E-state index is 8.67. The van der Waals surface area contributed by atoms with Crippen molar-refractivity contribution in [1.29, 1.82) is 5.26 Å². The maximum Gasteiger partial charge on any atom is 0.127 e. The number of thiazole rings is 1. The van der Waals surface area contributed by atoms with Gasteiger partial charge in [0.05, 0.1) is 5.69 Å². The second-order valence-electron chi connectivity index (χ2n) is 2.87. The highest BCUT2D eigenvalue weighted by atomic mass is 32.1. The molecule has 0 spiro atoms. The molecule has 1 aromatic rings. The Balaban J connectivity index is 2.84. The van der Waals surface area contributed by atoms with Gasteiger partial charge in [0.2, 0.25) is 0 Å². The standard InChI is InChI=1S/C8H11N3S/c1-6-7(4-9)12-8(10-6)5-11(2)3/h5H2,1-3H3. The lowest BCUT2D eigenvalue weighted by atomic mass is 10.4. The van der Waals surface area contributed by atoms with Crippen LogP contribution in [-0.4, -0.2) is 24.0 Å². The first kappa shape index (κ1) is 9.17. The van der Waals surface area contributed by atoms with Crippen LogP contribution in [0.25, 0.3) is 0 Å². The molecule has 0 amide bonds. The largest absolute Gasteiger partial charge is 0.303 e. The van der Waals surface area contributed by atoms with E-state index in [9.17, 15) is 0 Å². The van der Waals surface area contributed by atoms with Gasteiger partial charge in [0, 0.05) is 6.54 Å². The fraction of sp³-hybridized carbons (Fsp3) is 0.500. The highest BCUT2D eigenvalue weighted by molar-refractivity contribution is 7.12. The van der Waals surface area contributed by atoms with Crippen LogP contribution in [0.5, 0.6) is 0 Å². The van der Waals surface area contributed by atoms with Gasteiger partial charge >= 0.3 is 0 Å². The van der Waals surface area contributed by atoms with Crippen LogP contribution < -0.4 is 0 Å². The Morgan fingerprint density at radius 2 is 2.25 bits per heavy atom. The van der Waals surface area contributed by atoms with Crippen molar-refractivity contribution in [2.24, 2.45) is 0 Å². The van der Waals surface area contributed by atoms with Gasteiger partial charge in [-0.2, -0.15) is 5.26 Å². The van der Waals surface area contributed by atoms with Gasteiger partial charge in [0.1, 0.15) is 16.0 Å². The summed E-state index contributed by atoms with van der Waals surface area (Å²) in [6.45, 7) is 2.68. The zero-order valence-corrected chi connectivity index (χ0v) is 8.27. The van der Waals surface area contributed by atoms with E-state index >= 15 is 0 Å². The average Bonchev–Trinajstić information content (AvgIpc) is 2.29. The molecule has 0 aromatic carbocycles. The molecule has 3 nitrogen and oxygen atoms in total. The Labute approximate surface area is 76.3 Å². The van der Waals surface area contributed by atoms with E-state index in [0.29, 0.717) is 0 Å². The molecule has 0 bridgehead atoms. The van der Waals surface area contributed by atoms with Gasteiger partial charge in [-0.25, -0.2) is 4.98 Å². The third-order valence-electron chi connectivity index (χ3n) is 1.39. The number of nitrogens with zero attached hydrogens (tertiary/aromatic N) is 3. The van der Waals surface area contributed by atoms with Gasteiger partial charge < -0.3 is 4.90 Å². The number of hydrogen-bond acceptors (Lipinski definition) is 4. The molecule has 0 aliphatic carbocycles. The van der Waals surface area contributed by atoms with Crippen LogP contribution in [0, 0.1) is 18.3 Å². The van der Waals surface area contributed by atoms with Crippen LogP contribution in [-0.2, 0) is 6.54 Å². The van der Waals surface area contributed by atoms with E-state index in [-0.39, 0.29) is 0 Å². The van der Waals surface area contributed by atoms with Gasteiger partial charge in [-0.3, -0.25) is 0 Å². The summed E-state index contributed by atoms with van der Waals surface area (Å²) in [4.78, 5) is 7.05. The Hall–Kier alpha value is -0.920. The lowest BCUT2D eigenvalue weighted by Gasteiger charge is -2.04. The lowest BCUT2D eigenvalue weighted by Crippen LogP contribution is -2.10. The lowest BCUT2D eigenvalue weighted by molar-refractivity contribution is 0.401. The van der Waals surface area contributed by atoms with E-state index in [4.69, 9.17) is 5.26 Å². The number of hydrogen-bond donors (Lipinski definition) is 0. The molecular weight excluding hydrogens is 170 g/mol. The average molecular weight is 181 g/mol. The van der Waals surface area contributed by atoms with Crippen molar-refractivity contribution in [3.05, 3.63) is 15.6 Å². The first-order valence-electron chi connectivity index (χ1n) is 3.64. The summed E-state index contributed by atoms with van der Waals surface area (Å²) in [5.74, 6) is 0. The van der Waals surface area contributed by atoms with Crippen molar-refractivity contribution in [3.63, 3.8) is 0 Å². The highest BCUT2D eigenvalue weighted by Gasteiger charge is 2.06. The Morgan fingerprint density at radius 3 is 2.67 bits per heavy atom. The van der Waals surface area contributed by atoms with E-state index in [1.807, 2.05) is 25.9 Å². The molecule has 0 aliphatic rings. The van der Waals surface area contributed by atoms with Gasteiger partial charge in [0.25, 0.3) is 0 Å². The fourth-order valence-electron chi connectivity index (χ4n) is 0.894. The van der Waals surface area contributed by atoms with Gasteiger partial charge in [-0.05, 0) is 21.0 Å². The smallest absolute Gasteiger partial charge is 0.127 e. The minimum Gasteiger partial charge on any atom is -0.303 e. The van der Waals surface area contributed by atoms with Crippen molar-refractivity contribution in [1.82, 2.24) is 9.88 Å². The van der Waals surface area contributed by atoms with Crippen molar-refractivity contribution in [3.8, 4) is 6.07 Å². The van der Waals surface area contributed by atoms with Crippen LogP contribution >= 0.6 is 11.3 Å². The molecule has 1 aromatic heterocycles. The number of aromatic nitrogens is 1. The number of aryl methyl sites for hydroxylation is 1. The minimum absolute atomic E-state index is 0.729. The summed E-state index contributed by atoms with van der Waals surface area (Å²) < 4.78 is 0. The maximum atomic E-state index is 8.67. The molecule has 0 unspecified atom stereocenters. The summed E-state index contributed by atoms with van der Waals surface area (Å²) in [5, 5.41) is 9.68. The van der Waals surface area contributed by atoms with E-state index in [1.165, 1.54) is 11.3 Å². The molecule has 0 saturated heterocycles. The molecule has 1 heterocycles. The molecular formula is C8H11N3S. The van der Waals surface area contributed by atoms with Crippen molar-refractivity contribution in [2.45, 2.75) is 13.5 Å². The quantitative estimate of drug-likeness (QED) is 0.692. The predicted molar refractivity (Wildman–Crippen MR) is 49.0 cm³/mol. The van der Waals surface area contributed by atoms with Crippen molar-refractivity contribution in [2.75, 3.05) is 14.1 Å². The molecule has 0 aliphatic heterocycles. The van der Waals surface area contributed by atoms with E-state index in [2.05, 4.69) is 11.1 Å². The van der Waals surface area contributed by atoms with Crippen LogP contribution in [0.3, 0.4) is 0 Å². The normalized spacial score (nSPS) is 10.2. The highest BCUT2D eigenvalue weighted by Crippen LogP contribution is 2.17. The van der Waals surface area contributed by atoms with Gasteiger partial charge in [-0.1, -0.05) is 0 Å². The first-order chi connectivity index (χ1) is 5.63. The summed E-state index contributed by atoms with van der Waals surface area (Å²) in [6.07, 6.45) is 0. The third-order valence-corrected chi connectivity index (χ3v) is 2.44. The minimum atomic E-state index is 0.729. The monoisotopic (exact) mass is 181 g/mol. The molecule has 12 heavy (non-hydrogen) atoms. The summed E-state index contributed by atoms with van der Waals surface area (Å²) in [7, 11) is 3.98. The first-order valence-corrected chi connectivity index (χ1v) is 4.46. The second kappa shape index (κ2) is 3.65. The van der Waals surface area contributed by atoms with Gasteiger partial charge in [-0.15, -0.1) is 11.3 Å². The number of nitriles is 1. The molecule has 0 fully saturated rings. The topological polar surface area (TPSA) is 39.9 Å². The van der Waals surface area contributed by atoms with E-state index in [1.54, 1.807) is 0 Å². The molecule has 0 atom stereocenters. The second-order valence-corrected chi connectivity index (χ2v) is 3.96. The fourth-order valence-corrected chi connectivity index (χ4v) is 1.87. The molecule has 0 N–H and O–H groups in total. The zero-order chi connectivity index (χ0) is 9.14. The number of rotatable bonds is 2. The summed E-state index contributed by atoms with van der Waals surface area (Å²) in [6, 6.07) is 2.13. The van der Waals surface area contributed by atoms with Crippen molar-refractivity contribution >= 4 is 11.3 Å². The van der Waals surface area contributed by atoms with E-state index < -0.39 is 0 Å². The Bertz CT molecular complexity index is 309. The van der Waals surface area contributed by atoms with Crippen LogP contribution in [0.4, 0.5) is 0 Å². The Morgan fingerprint density at radius 1 is 1.58 bits per heavy atom. The SMILES string of the molecule is Cc1nc(CN(C)C)sc1C#N. The Kier molecular flexibility index (Phi) is 2.79. The third kappa shape index (κ3) is 2.03. The summed E-state index contributed by atoms with van der Waals surface area (Å²) in [5.41, 5.74) is 0.847. The molecule has 4 heteroatoms. The van der Waals surface area contributed by atoms with Crippen LogP contribution in [0.1, 0.15) is 15.6 Å². The molecule has 0 radical (unpaired) electrons. The molecule has 0 saturated carbocycles. The van der Waals surface area contributed by atoms with Crippen LogP contribution in [0.2, 0.25) is 0 Å². The van der Waals surface area contributed by atoms with Gasteiger partial charge in [0.15, 0.2) is 0 Å². The molecule has 1 rings (SSSR count). The van der Waals surface area contributed by atoms with E-state index in [0.717, 1.165) is 22.1 Å². The molecule has 64 valence electrons.